The second-order valence-electron chi connectivity index (χ2n) is 12.5. The summed E-state index contributed by atoms with van der Waals surface area (Å²) < 4.78 is 38.7. The lowest BCUT2D eigenvalue weighted by atomic mass is 10.1. The summed E-state index contributed by atoms with van der Waals surface area (Å²) in [6, 6.07) is 0. The fourth-order valence-electron chi connectivity index (χ4n) is 5.99. The van der Waals surface area contributed by atoms with Gasteiger partial charge in [-0.3, -0.25) is 28.7 Å². The second-order valence-corrected chi connectivity index (χ2v) is 18.7. The summed E-state index contributed by atoms with van der Waals surface area (Å²) in [4.78, 5) is 47.1. The number of aromatic nitrogens is 8. The molecule has 4 aromatic rings. The summed E-state index contributed by atoms with van der Waals surface area (Å²) >= 11 is 11.0. The van der Waals surface area contributed by atoms with Gasteiger partial charge in [0.2, 0.25) is 11.9 Å². The maximum atomic E-state index is 12.8. The fourth-order valence-corrected chi connectivity index (χ4v) is 8.98. The van der Waals surface area contributed by atoms with Crippen LogP contribution in [0.15, 0.2) is 22.2 Å². The van der Waals surface area contributed by atoms with E-state index in [4.69, 9.17) is 72.0 Å². The van der Waals surface area contributed by atoms with E-state index in [1.54, 1.807) is 0 Å². The van der Waals surface area contributed by atoms with E-state index in [0.717, 1.165) is 6.42 Å². The number of H-pyrrole nitrogens is 2. The molecular formula is C25H32B2N10O10P2S2. The lowest BCUT2D eigenvalue weighted by Crippen LogP contribution is -2.39. The predicted octanol–water partition coefficient (Wildman–Crippen LogP) is -0.587. The minimum absolute atomic E-state index is 0.0135. The maximum absolute atomic E-state index is 12.8. The molecule has 51 heavy (non-hydrogen) atoms. The van der Waals surface area contributed by atoms with E-state index >= 15 is 0 Å². The number of aliphatic hydroxyl groups is 2. The Bertz CT molecular complexity index is 2170. The van der Waals surface area contributed by atoms with Crippen molar-refractivity contribution in [1.82, 2.24) is 39.0 Å². The third-order valence-electron chi connectivity index (χ3n) is 8.44. The van der Waals surface area contributed by atoms with Crippen LogP contribution < -0.4 is 22.2 Å². The number of fused-ring (bicyclic) bond motifs is 4. The summed E-state index contributed by atoms with van der Waals surface area (Å²) in [7, 11) is 12.7. The van der Waals surface area contributed by atoms with Gasteiger partial charge in [-0.05, 0) is 36.0 Å². The summed E-state index contributed by atoms with van der Waals surface area (Å²) in [5, 5.41) is 26.1. The molecule has 0 saturated carbocycles. The fraction of sp³-hybridized carbons (Fsp3) is 0.600. The molecule has 26 heteroatoms. The molecule has 0 aliphatic carbocycles. The molecular weight excluding hydrogens is 748 g/mol. The number of nitrogens with two attached hydrogens (primary N) is 1. The van der Waals surface area contributed by atoms with Crippen LogP contribution in [0, 0.1) is 5.92 Å². The molecule has 3 fully saturated rings. The first-order valence-electron chi connectivity index (χ1n) is 15.6. The van der Waals surface area contributed by atoms with Crippen molar-refractivity contribution >= 4 is 85.7 Å². The summed E-state index contributed by atoms with van der Waals surface area (Å²) in [6.45, 7) is 3.95. The Kier molecular flexibility index (Phi) is 10.1. The third kappa shape index (κ3) is 7.34. The van der Waals surface area contributed by atoms with Gasteiger partial charge in [-0.1, -0.05) is 13.8 Å². The van der Waals surface area contributed by atoms with Crippen LogP contribution in [0.25, 0.3) is 22.3 Å². The van der Waals surface area contributed by atoms with Gasteiger partial charge in [0, 0.05) is 6.54 Å². The van der Waals surface area contributed by atoms with E-state index in [9.17, 15) is 19.8 Å². The van der Waals surface area contributed by atoms with Crippen molar-refractivity contribution in [3.8, 4) is 0 Å². The number of ether oxygens (including phenoxy) is 2. The average Bonchev–Trinajstić information content (AvgIpc) is 3.80. The summed E-state index contributed by atoms with van der Waals surface area (Å²) in [6.07, 6.45) is -14.0. The Morgan fingerprint density at radius 2 is 1.41 bits per heavy atom. The van der Waals surface area contributed by atoms with Crippen LogP contribution in [0.4, 0.5) is 11.9 Å². The van der Waals surface area contributed by atoms with Gasteiger partial charge in [-0.15, -0.1) is 0 Å². The van der Waals surface area contributed by atoms with Crippen LogP contribution >= 0.6 is 12.7 Å². The molecule has 3 aliphatic rings. The Hall–Kier alpha value is -2.59. The SMILES string of the molecule is [B]P1(=S)OC[C@H]2O[C@@H](n3cnc4c(=O)[nH]c(NCCC(C)C)nc43)[C@H](O)[C@@H]2OP([B])(=S)OC[C@@H]2O[C@H](n3cnc4c(=O)[nH]c(N)nc43)[C@@H](O)[C@H]2O1. The average molecular weight is 780 g/mol. The lowest BCUT2D eigenvalue weighted by Gasteiger charge is -2.33. The van der Waals surface area contributed by atoms with E-state index < -0.39 is 72.9 Å². The molecule has 10 atom stereocenters. The molecule has 0 spiro atoms. The van der Waals surface area contributed by atoms with Gasteiger partial charge in [0.15, 0.2) is 49.9 Å². The molecule has 0 bridgehead atoms. The Labute approximate surface area is 301 Å². The number of imidazole rings is 2. The Balaban J connectivity index is 1.14. The normalized spacial score (nSPS) is 34.7. The van der Waals surface area contributed by atoms with Crippen LogP contribution in [0.2, 0.25) is 0 Å². The molecule has 0 amide bonds. The van der Waals surface area contributed by atoms with Crippen molar-refractivity contribution in [3.63, 3.8) is 0 Å². The lowest BCUT2D eigenvalue weighted by molar-refractivity contribution is -0.0530. The highest BCUT2D eigenvalue weighted by atomic mass is 32.5. The highest BCUT2D eigenvalue weighted by Gasteiger charge is 2.51. The topological polar surface area (TPSA) is 261 Å². The monoisotopic (exact) mass is 780 g/mol. The van der Waals surface area contributed by atoms with E-state index in [0.29, 0.717) is 12.5 Å². The minimum Gasteiger partial charge on any atom is -0.386 e. The van der Waals surface area contributed by atoms with Crippen molar-refractivity contribution < 1.29 is 37.8 Å². The van der Waals surface area contributed by atoms with Crippen LogP contribution in [0.5, 0.6) is 0 Å². The minimum atomic E-state index is -3.69. The second kappa shape index (κ2) is 14.0. The number of nitrogen functional groups attached to an aromatic ring is 1. The van der Waals surface area contributed by atoms with E-state index in [-0.39, 0.29) is 47.4 Å². The van der Waals surface area contributed by atoms with Crippen LogP contribution in [0.3, 0.4) is 0 Å². The predicted molar refractivity (Wildman–Crippen MR) is 190 cm³/mol. The van der Waals surface area contributed by atoms with E-state index in [1.165, 1.54) is 21.8 Å². The van der Waals surface area contributed by atoms with Gasteiger partial charge in [0.1, 0.15) is 49.4 Å². The zero-order valence-electron chi connectivity index (χ0n) is 27.0. The molecule has 3 aliphatic heterocycles. The smallest absolute Gasteiger partial charge is 0.280 e. The molecule has 0 aromatic carbocycles. The first-order valence-corrected chi connectivity index (χ1v) is 21.1. The van der Waals surface area contributed by atoms with Gasteiger partial charge < -0.3 is 48.8 Å². The molecule has 3 saturated heterocycles. The van der Waals surface area contributed by atoms with Gasteiger partial charge in [0.05, 0.1) is 25.9 Å². The molecule has 20 nitrogen and oxygen atoms in total. The maximum Gasteiger partial charge on any atom is 0.280 e. The molecule has 270 valence electrons. The number of aromatic amines is 2. The van der Waals surface area contributed by atoms with E-state index in [2.05, 4.69) is 49.1 Å². The first kappa shape index (κ1) is 36.8. The number of hydrogen-bond acceptors (Lipinski definition) is 18. The van der Waals surface area contributed by atoms with Gasteiger partial charge >= 0.3 is 0 Å². The quantitative estimate of drug-likeness (QED) is 0.106. The van der Waals surface area contributed by atoms with Crippen molar-refractivity contribution in [2.45, 2.75) is 69.3 Å². The first-order chi connectivity index (χ1) is 24.1. The van der Waals surface area contributed by atoms with Gasteiger partial charge in [-0.2, -0.15) is 9.97 Å². The van der Waals surface area contributed by atoms with Crippen molar-refractivity contribution in [2.24, 2.45) is 5.92 Å². The molecule has 2 unspecified atom stereocenters. The van der Waals surface area contributed by atoms with Gasteiger partial charge in [-0.25, -0.2) is 9.97 Å². The largest absolute Gasteiger partial charge is 0.386 e. The van der Waals surface area contributed by atoms with Crippen LogP contribution in [0.1, 0.15) is 32.7 Å². The van der Waals surface area contributed by atoms with E-state index in [1.807, 2.05) is 0 Å². The third-order valence-corrected chi connectivity index (χ3v) is 11.7. The number of anilines is 2. The molecule has 4 radical (unpaired) electrons. The van der Waals surface area contributed by atoms with Gasteiger partial charge in [0.25, 0.3) is 11.1 Å². The highest BCUT2D eigenvalue weighted by molar-refractivity contribution is 8.21. The highest BCUT2D eigenvalue weighted by Crippen LogP contribution is 2.53. The number of hydrogen-bond donors (Lipinski definition) is 6. The number of rotatable bonds is 6. The van der Waals surface area contributed by atoms with Crippen molar-refractivity contribution in [1.29, 1.82) is 0 Å². The molecule has 4 aromatic heterocycles. The zero-order chi connectivity index (χ0) is 36.4. The number of nitrogens with one attached hydrogen (secondary N) is 3. The molecule has 7 N–H and O–H groups in total. The summed E-state index contributed by atoms with van der Waals surface area (Å²) in [5.41, 5.74) is 4.77. The van der Waals surface area contributed by atoms with Crippen LogP contribution in [-0.2, 0) is 51.2 Å². The molecule has 7 rings (SSSR count). The standard InChI is InChI=1S/C25H32B2N10O10P2S2/c1-9(2)3-4-29-25-33-19-13(21(41)35-25)31-8-37(19)23-15(39)17-11(45-23)6-43-48(26,50)46-16-10(5-42-49(27,51)47-17)44-22(14(16)38)36-7-30-12-18(36)32-24(28)34-20(12)40/h7-11,14-17,22-23,38-39H,3-6H2,1-2H3,(H3,28,32,34,40)(H2,29,33,35,41)/t10-,11+,14-,15+,16-,17+,22-,23+,48?,49?/m0/s1. The van der Waals surface area contributed by atoms with Crippen molar-refractivity contribution in [3.05, 3.63) is 33.4 Å². The zero-order valence-corrected chi connectivity index (χ0v) is 30.4. The molecule has 7 heterocycles. The van der Waals surface area contributed by atoms with Crippen molar-refractivity contribution in [2.75, 3.05) is 30.8 Å². The number of nitrogens with zero attached hydrogens (tertiary/aromatic N) is 6. The summed E-state index contributed by atoms with van der Waals surface area (Å²) in [5.74, 6) is 0.458. The Morgan fingerprint density at radius 1 is 0.922 bits per heavy atom. The Morgan fingerprint density at radius 3 is 1.92 bits per heavy atom. The van der Waals surface area contributed by atoms with Crippen LogP contribution in [-0.4, -0.2) is 121 Å². The number of aliphatic hydroxyl groups excluding tert-OH is 2.